The van der Waals surface area contributed by atoms with Gasteiger partial charge in [-0.05, 0) is 44.7 Å². The average Bonchev–Trinajstić information content (AvgIpc) is 3.14. The van der Waals surface area contributed by atoms with Crippen LogP contribution in [0, 0.1) is 6.92 Å². The zero-order chi connectivity index (χ0) is 19.6. The van der Waals surface area contributed by atoms with E-state index in [1.54, 1.807) is 5.51 Å². The van der Waals surface area contributed by atoms with Gasteiger partial charge in [0.25, 0.3) is 5.91 Å². The molecule has 2 aliphatic rings. The van der Waals surface area contributed by atoms with E-state index in [-0.39, 0.29) is 17.6 Å². The van der Waals surface area contributed by atoms with Crippen molar-refractivity contribution in [2.75, 3.05) is 19.6 Å². The first-order chi connectivity index (χ1) is 13.6. The zero-order valence-electron chi connectivity index (χ0n) is 16.7. The van der Waals surface area contributed by atoms with E-state index < -0.39 is 0 Å². The van der Waals surface area contributed by atoms with Crippen molar-refractivity contribution in [2.24, 2.45) is 0 Å². The normalized spacial score (nSPS) is 24.4. The standard InChI is InChI=1S/C22H29N3O2S/c1-3-23-18-13-19(17-7-5-4-6-8-17)27-22(14-18)9-11-25(12-10-22)21(26)20-16(2)24-15-28-20/h4-8,15,18-19,23H,3,9-14H2,1-2H3/t18-,19-/m0/s1. The highest BCUT2D eigenvalue weighted by molar-refractivity contribution is 7.11. The molecule has 0 aliphatic carbocycles. The number of amides is 1. The number of carbonyl (C=O) groups is 1. The SMILES string of the molecule is CCN[C@H]1C[C@@H](c2ccccc2)OC2(CCN(C(=O)c3scnc3C)CC2)C1. The van der Waals surface area contributed by atoms with E-state index in [2.05, 4.69) is 47.6 Å². The molecule has 2 aliphatic heterocycles. The van der Waals surface area contributed by atoms with Crippen LogP contribution in [0.5, 0.6) is 0 Å². The second-order valence-electron chi connectivity index (χ2n) is 7.95. The Morgan fingerprint density at radius 2 is 2.07 bits per heavy atom. The molecule has 0 bridgehead atoms. The summed E-state index contributed by atoms with van der Waals surface area (Å²) in [6.45, 7) is 6.54. The van der Waals surface area contributed by atoms with Gasteiger partial charge in [0.2, 0.25) is 0 Å². The maximum Gasteiger partial charge on any atom is 0.265 e. The topological polar surface area (TPSA) is 54.5 Å². The second kappa shape index (κ2) is 8.31. The minimum Gasteiger partial charge on any atom is -0.367 e. The number of aryl methyl sites for hydroxylation is 1. The lowest BCUT2D eigenvalue weighted by Gasteiger charge is -2.49. The first kappa shape index (κ1) is 19.6. The molecular formula is C22H29N3O2S. The van der Waals surface area contributed by atoms with Gasteiger partial charge in [0.15, 0.2) is 0 Å². The molecule has 1 aromatic carbocycles. The van der Waals surface area contributed by atoms with Crippen molar-refractivity contribution in [3.05, 3.63) is 52.0 Å². The van der Waals surface area contributed by atoms with E-state index in [0.29, 0.717) is 6.04 Å². The Morgan fingerprint density at radius 3 is 2.71 bits per heavy atom. The van der Waals surface area contributed by atoms with E-state index in [1.165, 1.54) is 16.9 Å². The highest BCUT2D eigenvalue weighted by Gasteiger charge is 2.44. The largest absolute Gasteiger partial charge is 0.367 e. The molecule has 0 unspecified atom stereocenters. The lowest BCUT2D eigenvalue weighted by Crippen LogP contribution is -2.54. The lowest BCUT2D eigenvalue weighted by atomic mass is 9.79. The summed E-state index contributed by atoms with van der Waals surface area (Å²) in [5.74, 6) is 0.119. The summed E-state index contributed by atoms with van der Waals surface area (Å²) < 4.78 is 6.73. The highest BCUT2D eigenvalue weighted by Crippen LogP contribution is 2.43. The molecule has 1 spiro atoms. The van der Waals surface area contributed by atoms with E-state index in [4.69, 9.17) is 4.74 Å². The average molecular weight is 400 g/mol. The third-order valence-electron chi connectivity index (χ3n) is 6.08. The summed E-state index contributed by atoms with van der Waals surface area (Å²) in [6.07, 6.45) is 3.92. The van der Waals surface area contributed by atoms with Crippen molar-refractivity contribution in [3.8, 4) is 0 Å². The summed E-state index contributed by atoms with van der Waals surface area (Å²) in [5, 5.41) is 3.65. The number of thiazole rings is 1. The van der Waals surface area contributed by atoms with Gasteiger partial charge in [-0.25, -0.2) is 4.98 Å². The molecule has 2 atom stereocenters. The van der Waals surface area contributed by atoms with Crippen LogP contribution in [0.3, 0.4) is 0 Å². The maximum atomic E-state index is 12.8. The van der Waals surface area contributed by atoms with Crippen LogP contribution in [0.1, 0.15) is 59.6 Å². The molecule has 2 aromatic rings. The van der Waals surface area contributed by atoms with Crippen LogP contribution in [0.25, 0.3) is 0 Å². The summed E-state index contributed by atoms with van der Waals surface area (Å²) in [7, 11) is 0. The third-order valence-corrected chi connectivity index (χ3v) is 6.99. The van der Waals surface area contributed by atoms with Gasteiger partial charge in [0.1, 0.15) is 4.88 Å². The molecule has 2 saturated heterocycles. The van der Waals surface area contributed by atoms with E-state index >= 15 is 0 Å². The summed E-state index contributed by atoms with van der Waals surface area (Å²) in [6, 6.07) is 11.0. The number of nitrogens with one attached hydrogen (secondary N) is 1. The number of aromatic nitrogens is 1. The van der Waals surface area contributed by atoms with Crippen molar-refractivity contribution >= 4 is 17.2 Å². The molecule has 1 aromatic heterocycles. The molecule has 5 nitrogen and oxygen atoms in total. The van der Waals surface area contributed by atoms with Gasteiger partial charge in [-0.1, -0.05) is 37.3 Å². The van der Waals surface area contributed by atoms with Crippen LogP contribution in [-0.2, 0) is 4.74 Å². The van der Waals surface area contributed by atoms with Gasteiger partial charge in [0, 0.05) is 19.1 Å². The van der Waals surface area contributed by atoms with E-state index in [1.807, 2.05) is 11.8 Å². The minimum absolute atomic E-state index is 0.116. The van der Waals surface area contributed by atoms with Gasteiger partial charge in [-0.15, -0.1) is 11.3 Å². The molecule has 1 amide bonds. The Bertz CT molecular complexity index is 799. The molecule has 3 heterocycles. The fourth-order valence-corrected chi connectivity index (χ4v) is 5.36. The second-order valence-corrected chi connectivity index (χ2v) is 8.81. The lowest BCUT2D eigenvalue weighted by molar-refractivity contribution is -0.160. The van der Waals surface area contributed by atoms with Crippen LogP contribution in [-0.4, -0.2) is 47.1 Å². The Hall–Kier alpha value is -1.76. The molecule has 28 heavy (non-hydrogen) atoms. The number of carbonyl (C=O) groups excluding carboxylic acids is 1. The van der Waals surface area contributed by atoms with Crippen molar-refractivity contribution in [3.63, 3.8) is 0 Å². The molecule has 150 valence electrons. The number of ether oxygens (including phenoxy) is 1. The number of piperidine rings is 1. The smallest absolute Gasteiger partial charge is 0.265 e. The number of nitrogens with zero attached hydrogens (tertiary/aromatic N) is 2. The van der Waals surface area contributed by atoms with Crippen LogP contribution in [0.2, 0.25) is 0 Å². The van der Waals surface area contributed by atoms with E-state index in [9.17, 15) is 4.79 Å². The van der Waals surface area contributed by atoms with Crippen molar-refractivity contribution in [1.82, 2.24) is 15.2 Å². The summed E-state index contributed by atoms with van der Waals surface area (Å²) in [5.41, 5.74) is 3.69. The van der Waals surface area contributed by atoms with Gasteiger partial charge in [0.05, 0.1) is 22.9 Å². The number of hydrogen-bond donors (Lipinski definition) is 1. The Balaban J connectivity index is 1.48. The fraction of sp³-hybridized carbons (Fsp3) is 0.545. The Labute approximate surface area is 171 Å². The predicted molar refractivity (Wildman–Crippen MR) is 112 cm³/mol. The summed E-state index contributed by atoms with van der Waals surface area (Å²) in [4.78, 5) is 19.8. The van der Waals surface area contributed by atoms with Gasteiger partial charge >= 0.3 is 0 Å². The number of rotatable bonds is 4. The third kappa shape index (κ3) is 4.00. The number of benzene rings is 1. The van der Waals surface area contributed by atoms with Crippen LogP contribution in [0.15, 0.2) is 35.8 Å². The highest BCUT2D eigenvalue weighted by atomic mass is 32.1. The van der Waals surface area contributed by atoms with Crippen molar-refractivity contribution < 1.29 is 9.53 Å². The molecule has 6 heteroatoms. The number of likely N-dealkylation sites (tertiary alicyclic amines) is 1. The number of hydrogen-bond acceptors (Lipinski definition) is 5. The van der Waals surface area contributed by atoms with Crippen molar-refractivity contribution in [1.29, 1.82) is 0 Å². The zero-order valence-corrected chi connectivity index (χ0v) is 17.5. The fourth-order valence-electron chi connectivity index (χ4n) is 4.59. The molecule has 4 rings (SSSR count). The van der Waals surface area contributed by atoms with Gasteiger partial charge in [-0.3, -0.25) is 4.79 Å². The van der Waals surface area contributed by atoms with Crippen LogP contribution >= 0.6 is 11.3 Å². The minimum atomic E-state index is -0.148. The van der Waals surface area contributed by atoms with Crippen molar-refractivity contribution in [2.45, 2.75) is 57.3 Å². The molecular weight excluding hydrogens is 370 g/mol. The Kier molecular flexibility index (Phi) is 5.80. The Morgan fingerprint density at radius 1 is 1.32 bits per heavy atom. The molecule has 0 radical (unpaired) electrons. The van der Waals surface area contributed by atoms with E-state index in [0.717, 1.165) is 55.9 Å². The summed E-state index contributed by atoms with van der Waals surface area (Å²) >= 11 is 1.44. The van der Waals surface area contributed by atoms with Crippen LogP contribution < -0.4 is 5.32 Å². The quantitative estimate of drug-likeness (QED) is 0.846. The first-order valence-electron chi connectivity index (χ1n) is 10.3. The van der Waals surface area contributed by atoms with Crippen LogP contribution in [0.4, 0.5) is 0 Å². The molecule has 1 N–H and O–H groups in total. The molecule has 2 fully saturated rings. The first-order valence-corrected chi connectivity index (χ1v) is 11.1. The van der Waals surface area contributed by atoms with Gasteiger partial charge < -0.3 is 15.0 Å². The predicted octanol–water partition coefficient (Wildman–Crippen LogP) is 3.96. The monoisotopic (exact) mass is 399 g/mol. The molecule has 0 saturated carbocycles. The maximum absolute atomic E-state index is 12.8. The van der Waals surface area contributed by atoms with Gasteiger partial charge in [-0.2, -0.15) is 0 Å².